The SMILES string of the molecule is N#Cc1ccc(NCc2cc3n(n2)CCN(C2CCCCC2)C3)nc1. The molecule has 25 heavy (non-hydrogen) atoms. The van der Waals surface area contributed by atoms with Gasteiger partial charge >= 0.3 is 0 Å². The number of rotatable bonds is 4. The van der Waals surface area contributed by atoms with Crippen molar-refractivity contribution in [1.29, 1.82) is 5.26 Å². The summed E-state index contributed by atoms with van der Waals surface area (Å²) in [6.45, 7) is 3.78. The van der Waals surface area contributed by atoms with Crippen LogP contribution in [0.5, 0.6) is 0 Å². The van der Waals surface area contributed by atoms with Crippen LogP contribution >= 0.6 is 0 Å². The van der Waals surface area contributed by atoms with Crippen molar-refractivity contribution < 1.29 is 0 Å². The Kier molecular flexibility index (Phi) is 4.66. The molecule has 0 unspecified atom stereocenters. The number of aromatic nitrogens is 3. The second kappa shape index (κ2) is 7.24. The average molecular weight is 336 g/mol. The molecule has 2 aromatic rings. The minimum atomic E-state index is 0.575. The number of nitrogens with zero attached hydrogens (tertiary/aromatic N) is 5. The largest absolute Gasteiger partial charge is 0.364 e. The van der Waals surface area contributed by atoms with Gasteiger partial charge in [-0.1, -0.05) is 19.3 Å². The maximum Gasteiger partial charge on any atom is 0.126 e. The summed E-state index contributed by atoms with van der Waals surface area (Å²) in [5, 5.41) is 16.8. The van der Waals surface area contributed by atoms with Gasteiger partial charge in [0.25, 0.3) is 0 Å². The van der Waals surface area contributed by atoms with Gasteiger partial charge in [0.1, 0.15) is 11.9 Å². The molecule has 1 fully saturated rings. The summed E-state index contributed by atoms with van der Waals surface area (Å²) < 4.78 is 2.16. The Morgan fingerprint density at radius 3 is 2.84 bits per heavy atom. The third-order valence-electron chi connectivity index (χ3n) is 5.31. The van der Waals surface area contributed by atoms with E-state index in [-0.39, 0.29) is 0 Å². The first kappa shape index (κ1) is 16.1. The monoisotopic (exact) mass is 336 g/mol. The van der Waals surface area contributed by atoms with E-state index in [9.17, 15) is 0 Å². The van der Waals surface area contributed by atoms with Gasteiger partial charge in [-0.2, -0.15) is 10.4 Å². The van der Waals surface area contributed by atoms with Crippen molar-refractivity contribution in [3.8, 4) is 6.07 Å². The fraction of sp³-hybridized carbons (Fsp3) is 0.526. The van der Waals surface area contributed by atoms with E-state index < -0.39 is 0 Å². The minimum absolute atomic E-state index is 0.575. The van der Waals surface area contributed by atoms with Crippen molar-refractivity contribution in [3.63, 3.8) is 0 Å². The summed E-state index contributed by atoms with van der Waals surface area (Å²) in [6, 6.07) is 8.67. The third-order valence-corrected chi connectivity index (χ3v) is 5.31. The van der Waals surface area contributed by atoms with Crippen LogP contribution in [0.3, 0.4) is 0 Å². The van der Waals surface area contributed by atoms with Crippen LogP contribution in [-0.2, 0) is 19.6 Å². The number of pyridine rings is 1. The smallest absolute Gasteiger partial charge is 0.126 e. The first-order valence-electron chi connectivity index (χ1n) is 9.21. The van der Waals surface area contributed by atoms with E-state index in [0.29, 0.717) is 12.1 Å². The van der Waals surface area contributed by atoms with E-state index in [1.807, 2.05) is 6.07 Å². The van der Waals surface area contributed by atoms with Crippen molar-refractivity contribution in [3.05, 3.63) is 41.3 Å². The van der Waals surface area contributed by atoms with Gasteiger partial charge in [-0.3, -0.25) is 9.58 Å². The molecule has 0 saturated heterocycles. The van der Waals surface area contributed by atoms with Crippen LogP contribution in [0.4, 0.5) is 5.82 Å². The molecule has 1 aliphatic heterocycles. The fourth-order valence-electron chi connectivity index (χ4n) is 3.94. The molecule has 1 N–H and O–H groups in total. The average Bonchev–Trinajstić information content (AvgIpc) is 3.09. The van der Waals surface area contributed by atoms with Gasteiger partial charge in [-0.25, -0.2) is 4.98 Å². The molecule has 1 saturated carbocycles. The lowest BCUT2D eigenvalue weighted by atomic mass is 9.94. The molecule has 2 aromatic heterocycles. The summed E-state index contributed by atoms with van der Waals surface area (Å²) in [5.74, 6) is 0.772. The Morgan fingerprint density at radius 1 is 1.20 bits per heavy atom. The number of nitrogens with one attached hydrogen (secondary N) is 1. The topological polar surface area (TPSA) is 69.8 Å². The van der Waals surface area contributed by atoms with Gasteiger partial charge in [0.05, 0.1) is 30.0 Å². The molecule has 2 aliphatic rings. The number of hydrogen-bond donors (Lipinski definition) is 1. The highest BCUT2D eigenvalue weighted by Gasteiger charge is 2.25. The van der Waals surface area contributed by atoms with Gasteiger partial charge in [0.2, 0.25) is 0 Å². The third kappa shape index (κ3) is 3.67. The molecule has 1 aliphatic carbocycles. The van der Waals surface area contributed by atoms with Crippen LogP contribution < -0.4 is 5.32 Å². The Bertz CT molecular complexity index is 751. The highest BCUT2D eigenvalue weighted by Crippen LogP contribution is 2.26. The first-order valence-corrected chi connectivity index (χ1v) is 9.21. The molecule has 0 bridgehead atoms. The zero-order valence-corrected chi connectivity index (χ0v) is 14.5. The highest BCUT2D eigenvalue weighted by molar-refractivity contribution is 5.39. The van der Waals surface area contributed by atoms with Crippen molar-refractivity contribution in [2.45, 2.75) is 57.8 Å². The number of fused-ring (bicyclic) bond motifs is 1. The number of anilines is 1. The van der Waals surface area contributed by atoms with E-state index >= 15 is 0 Å². The summed E-state index contributed by atoms with van der Waals surface area (Å²) in [4.78, 5) is 6.89. The van der Waals surface area contributed by atoms with E-state index in [4.69, 9.17) is 10.4 Å². The lowest BCUT2D eigenvalue weighted by Gasteiger charge is -2.36. The van der Waals surface area contributed by atoms with E-state index in [2.05, 4.69) is 32.0 Å². The molecule has 0 amide bonds. The van der Waals surface area contributed by atoms with Crippen LogP contribution in [0, 0.1) is 11.3 Å². The van der Waals surface area contributed by atoms with Gasteiger partial charge in [0.15, 0.2) is 0 Å². The normalized spacial score (nSPS) is 18.5. The standard InChI is InChI=1S/C19H24N6/c20-11-15-6-7-19(21-12-15)22-13-16-10-18-14-24(8-9-25(18)23-16)17-4-2-1-3-5-17/h6-7,10,12,17H,1-5,8-9,13-14H2,(H,21,22). The summed E-state index contributed by atoms with van der Waals surface area (Å²) in [7, 11) is 0. The summed E-state index contributed by atoms with van der Waals surface area (Å²) >= 11 is 0. The lowest BCUT2D eigenvalue weighted by molar-refractivity contribution is 0.119. The van der Waals surface area contributed by atoms with Crippen molar-refractivity contribution in [2.75, 3.05) is 11.9 Å². The van der Waals surface area contributed by atoms with Crippen LogP contribution in [0.1, 0.15) is 49.1 Å². The first-order chi connectivity index (χ1) is 12.3. The van der Waals surface area contributed by atoms with Crippen LogP contribution in [-0.4, -0.2) is 32.3 Å². The molecule has 130 valence electrons. The quantitative estimate of drug-likeness (QED) is 0.929. The second-order valence-electron chi connectivity index (χ2n) is 7.01. The number of nitriles is 1. The van der Waals surface area contributed by atoms with E-state index in [0.717, 1.165) is 37.2 Å². The molecule has 0 atom stereocenters. The van der Waals surface area contributed by atoms with Crippen LogP contribution in [0.15, 0.2) is 24.4 Å². The van der Waals surface area contributed by atoms with Crippen molar-refractivity contribution >= 4 is 5.82 Å². The van der Waals surface area contributed by atoms with Crippen LogP contribution in [0.25, 0.3) is 0 Å². The predicted molar refractivity (Wildman–Crippen MR) is 95.8 cm³/mol. The minimum Gasteiger partial charge on any atom is -0.364 e. The second-order valence-corrected chi connectivity index (χ2v) is 7.01. The maximum absolute atomic E-state index is 8.82. The van der Waals surface area contributed by atoms with Crippen LogP contribution in [0.2, 0.25) is 0 Å². The molecule has 6 heteroatoms. The molecular formula is C19H24N6. The Morgan fingerprint density at radius 2 is 2.08 bits per heavy atom. The summed E-state index contributed by atoms with van der Waals surface area (Å²) in [6.07, 6.45) is 8.46. The zero-order chi connectivity index (χ0) is 17.1. The zero-order valence-electron chi connectivity index (χ0n) is 14.5. The Balaban J connectivity index is 1.37. The maximum atomic E-state index is 8.82. The fourth-order valence-corrected chi connectivity index (χ4v) is 3.94. The summed E-state index contributed by atoms with van der Waals surface area (Å²) in [5.41, 5.74) is 2.94. The predicted octanol–water partition coefficient (Wildman–Crippen LogP) is 2.91. The molecule has 6 nitrogen and oxygen atoms in total. The van der Waals surface area contributed by atoms with Crippen molar-refractivity contribution in [1.82, 2.24) is 19.7 Å². The van der Waals surface area contributed by atoms with Gasteiger partial charge in [0, 0.05) is 25.3 Å². The van der Waals surface area contributed by atoms with Gasteiger partial charge in [-0.15, -0.1) is 0 Å². The molecule has 0 aromatic carbocycles. The number of hydrogen-bond acceptors (Lipinski definition) is 5. The van der Waals surface area contributed by atoms with Crippen molar-refractivity contribution in [2.24, 2.45) is 0 Å². The Hall–Kier alpha value is -2.39. The van der Waals surface area contributed by atoms with Gasteiger partial charge in [-0.05, 0) is 31.0 Å². The molecular weight excluding hydrogens is 312 g/mol. The molecule has 0 spiro atoms. The Labute approximate surface area is 148 Å². The van der Waals surface area contributed by atoms with Gasteiger partial charge < -0.3 is 5.32 Å². The molecule has 0 radical (unpaired) electrons. The van der Waals surface area contributed by atoms with E-state index in [1.165, 1.54) is 37.8 Å². The highest BCUT2D eigenvalue weighted by atomic mass is 15.3. The lowest BCUT2D eigenvalue weighted by Crippen LogP contribution is -2.42. The van der Waals surface area contributed by atoms with E-state index in [1.54, 1.807) is 12.3 Å². The molecule has 3 heterocycles. The molecule has 4 rings (SSSR count).